The van der Waals surface area contributed by atoms with Gasteiger partial charge in [0, 0.05) is 17.3 Å². The monoisotopic (exact) mass is 431 g/mol. The summed E-state index contributed by atoms with van der Waals surface area (Å²) in [6, 6.07) is 12.0. The molecule has 3 aromatic rings. The molecule has 0 N–H and O–H groups in total. The molecule has 0 saturated carbocycles. The van der Waals surface area contributed by atoms with E-state index in [0.717, 1.165) is 50.9 Å². The van der Waals surface area contributed by atoms with Gasteiger partial charge in [0.2, 0.25) is 0 Å². The standard InChI is InChI=1S/C22H26ClN3O2S/c1-6-26-21(16(4)28-19-10-14(2)20(23)15(3)11-19)24-25-22(26)29-13-17-8-7-9-18(12-17)27-5/h7-12,16H,6,13H2,1-5H3. The van der Waals surface area contributed by atoms with Crippen molar-refractivity contribution in [2.75, 3.05) is 7.11 Å². The van der Waals surface area contributed by atoms with Crippen LogP contribution in [0.15, 0.2) is 41.6 Å². The lowest BCUT2D eigenvalue weighted by atomic mass is 10.1. The van der Waals surface area contributed by atoms with Crippen molar-refractivity contribution in [3.63, 3.8) is 0 Å². The molecule has 1 aromatic heterocycles. The van der Waals surface area contributed by atoms with Crippen molar-refractivity contribution in [1.82, 2.24) is 14.8 Å². The number of aryl methyl sites for hydroxylation is 2. The van der Waals surface area contributed by atoms with Crippen LogP contribution in [0.2, 0.25) is 5.02 Å². The zero-order chi connectivity index (χ0) is 21.0. The predicted molar refractivity (Wildman–Crippen MR) is 118 cm³/mol. The predicted octanol–water partition coefficient (Wildman–Crippen LogP) is 6.01. The van der Waals surface area contributed by atoms with E-state index < -0.39 is 0 Å². The van der Waals surface area contributed by atoms with Crippen molar-refractivity contribution in [3.8, 4) is 11.5 Å². The molecule has 1 heterocycles. The van der Waals surface area contributed by atoms with Gasteiger partial charge in [0.25, 0.3) is 0 Å². The number of benzene rings is 2. The van der Waals surface area contributed by atoms with Gasteiger partial charge in [-0.05, 0) is 68.7 Å². The molecule has 3 rings (SSSR count). The number of thioether (sulfide) groups is 1. The van der Waals surface area contributed by atoms with E-state index in [0.29, 0.717) is 0 Å². The average molecular weight is 432 g/mol. The minimum absolute atomic E-state index is 0.228. The number of ether oxygens (including phenoxy) is 2. The lowest BCUT2D eigenvalue weighted by molar-refractivity contribution is 0.209. The zero-order valence-corrected chi connectivity index (χ0v) is 19.0. The summed E-state index contributed by atoms with van der Waals surface area (Å²) in [5.41, 5.74) is 3.18. The van der Waals surface area contributed by atoms with Crippen molar-refractivity contribution in [2.45, 2.75) is 51.3 Å². The fraction of sp³-hybridized carbons (Fsp3) is 0.364. The van der Waals surface area contributed by atoms with Crippen LogP contribution in [0.5, 0.6) is 11.5 Å². The molecule has 0 saturated heterocycles. The molecule has 0 aliphatic carbocycles. The molecule has 154 valence electrons. The molecule has 1 atom stereocenters. The van der Waals surface area contributed by atoms with Gasteiger partial charge in [-0.2, -0.15) is 0 Å². The normalized spacial score (nSPS) is 12.1. The van der Waals surface area contributed by atoms with E-state index in [1.54, 1.807) is 18.9 Å². The molecule has 0 radical (unpaired) electrons. The van der Waals surface area contributed by atoms with Crippen LogP contribution in [0.1, 0.15) is 42.5 Å². The number of nitrogens with zero attached hydrogens (tertiary/aromatic N) is 3. The molecule has 0 spiro atoms. The first-order valence-electron chi connectivity index (χ1n) is 9.55. The Kier molecular flexibility index (Phi) is 7.09. The molecular formula is C22H26ClN3O2S. The fourth-order valence-corrected chi connectivity index (χ4v) is 4.21. The highest BCUT2D eigenvalue weighted by Gasteiger charge is 2.19. The highest BCUT2D eigenvalue weighted by Crippen LogP contribution is 2.30. The number of methoxy groups -OCH3 is 1. The van der Waals surface area contributed by atoms with E-state index in [-0.39, 0.29) is 6.10 Å². The average Bonchev–Trinajstić information content (AvgIpc) is 3.13. The Labute approximate surface area is 181 Å². The van der Waals surface area contributed by atoms with Crippen LogP contribution in [0.3, 0.4) is 0 Å². The number of hydrogen-bond donors (Lipinski definition) is 0. The first kappa shape index (κ1) is 21.5. The number of rotatable bonds is 8. The van der Waals surface area contributed by atoms with Crippen LogP contribution < -0.4 is 9.47 Å². The van der Waals surface area contributed by atoms with Crippen molar-refractivity contribution in [1.29, 1.82) is 0 Å². The summed E-state index contributed by atoms with van der Waals surface area (Å²) < 4.78 is 13.6. The summed E-state index contributed by atoms with van der Waals surface area (Å²) in [6.07, 6.45) is -0.228. The van der Waals surface area contributed by atoms with Crippen molar-refractivity contribution in [2.24, 2.45) is 0 Å². The topological polar surface area (TPSA) is 49.2 Å². The summed E-state index contributed by atoms with van der Waals surface area (Å²) in [5.74, 6) is 3.25. The van der Waals surface area contributed by atoms with Gasteiger partial charge in [0.05, 0.1) is 7.11 Å². The number of aromatic nitrogens is 3. The largest absolute Gasteiger partial charge is 0.497 e. The molecule has 0 fully saturated rings. The molecule has 0 bridgehead atoms. The fourth-order valence-electron chi connectivity index (χ4n) is 3.15. The molecule has 7 heteroatoms. The third kappa shape index (κ3) is 5.06. The van der Waals surface area contributed by atoms with E-state index in [2.05, 4.69) is 27.8 Å². The van der Waals surface area contributed by atoms with Gasteiger partial charge in [0.15, 0.2) is 17.1 Å². The third-order valence-electron chi connectivity index (χ3n) is 4.65. The third-order valence-corrected chi connectivity index (χ3v) is 6.28. The Morgan fingerprint density at radius 2 is 1.83 bits per heavy atom. The highest BCUT2D eigenvalue weighted by atomic mass is 35.5. The van der Waals surface area contributed by atoms with Gasteiger partial charge in [-0.15, -0.1) is 10.2 Å². The first-order valence-corrected chi connectivity index (χ1v) is 10.9. The van der Waals surface area contributed by atoms with Crippen molar-refractivity contribution < 1.29 is 9.47 Å². The van der Waals surface area contributed by atoms with Crippen LogP contribution >= 0.6 is 23.4 Å². The maximum atomic E-state index is 6.27. The van der Waals surface area contributed by atoms with E-state index in [1.165, 1.54) is 5.56 Å². The second kappa shape index (κ2) is 9.55. The van der Waals surface area contributed by atoms with Crippen molar-refractivity contribution in [3.05, 3.63) is 63.9 Å². The van der Waals surface area contributed by atoms with Gasteiger partial charge in [-0.3, -0.25) is 0 Å². The molecule has 0 amide bonds. The van der Waals surface area contributed by atoms with Crippen LogP contribution in [-0.4, -0.2) is 21.9 Å². The molecule has 0 aliphatic heterocycles. The van der Waals surface area contributed by atoms with Gasteiger partial charge >= 0.3 is 0 Å². The Balaban J connectivity index is 1.74. The quantitative estimate of drug-likeness (QED) is 0.409. The zero-order valence-electron chi connectivity index (χ0n) is 17.4. The molecule has 2 aromatic carbocycles. The summed E-state index contributed by atoms with van der Waals surface area (Å²) in [6.45, 7) is 8.82. The van der Waals surface area contributed by atoms with Crippen molar-refractivity contribution >= 4 is 23.4 Å². The lowest BCUT2D eigenvalue weighted by Crippen LogP contribution is -2.12. The molecule has 1 unspecified atom stereocenters. The Bertz CT molecular complexity index is 967. The van der Waals surface area contributed by atoms with E-state index in [1.807, 2.05) is 51.1 Å². The van der Waals surface area contributed by atoms with E-state index >= 15 is 0 Å². The van der Waals surface area contributed by atoms with Crippen LogP contribution in [-0.2, 0) is 12.3 Å². The Morgan fingerprint density at radius 3 is 2.48 bits per heavy atom. The van der Waals surface area contributed by atoms with E-state index in [9.17, 15) is 0 Å². The Morgan fingerprint density at radius 1 is 1.10 bits per heavy atom. The molecule has 5 nitrogen and oxygen atoms in total. The Hall–Kier alpha value is -2.18. The summed E-state index contributed by atoms with van der Waals surface area (Å²) in [5, 5.41) is 10.5. The van der Waals surface area contributed by atoms with Crippen LogP contribution in [0, 0.1) is 13.8 Å². The smallest absolute Gasteiger partial charge is 0.191 e. The number of hydrogen-bond acceptors (Lipinski definition) is 5. The van der Waals surface area contributed by atoms with Gasteiger partial charge in [-0.25, -0.2) is 0 Å². The van der Waals surface area contributed by atoms with Gasteiger partial charge < -0.3 is 14.0 Å². The summed E-state index contributed by atoms with van der Waals surface area (Å²) in [4.78, 5) is 0. The minimum atomic E-state index is -0.228. The SMILES string of the molecule is CCn1c(SCc2cccc(OC)c2)nnc1C(C)Oc1cc(C)c(Cl)c(C)c1. The lowest BCUT2D eigenvalue weighted by Gasteiger charge is -2.17. The maximum absolute atomic E-state index is 6.27. The minimum Gasteiger partial charge on any atom is -0.497 e. The highest BCUT2D eigenvalue weighted by molar-refractivity contribution is 7.98. The molecule has 0 aliphatic rings. The summed E-state index contributed by atoms with van der Waals surface area (Å²) >= 11 is 7.92. The molecular weight excluding hydrogens is 406 g/mol. The maximum Gasteiger partial charge on any atom is 0.191 e. The number of halogens is 1. The van der Waals surface area contributed by atoms with Crippen LogP contribution in [0.25, 0.3) is 0 Å². The van der Waals surface area contributed by atoms with E-state index in [4.69, 9.17) is 21.1 Å². The first-order chi connectivity index (χ1) is 13.9. The summed E-state index contributed by atoms with van der Waals surface area (Å²) in [7, 11) is 1.68. The molecule has 29 heavy (non-hydrogen) atoms. The van der Waals surface area contributed by atoms with Gasteiger partial charge in [-0.1, -0.05) is 35.5 Å². The van der Waals surface area contributed by atoms with Gasteiger partial charge in [0.1, 0.15) is 11.5 Å². The van der Waals surface area contributed by atoms with Crippen LogP contribution in [0.4, 0.5) is 0 Å². The second-order valence-electron chi connectivity index (χ2n) is 6.86. The second-order valence-corrected chi connectivity index (χ2v) is 8.18.